The fourth-order valence-corrected chi connectivity index (χ4v) is 8.12. The van der Waals surface area contributed by atoms with E-state index in [1.54, 1.807) is 22.3 Å². The van der Waals surface area contributed by atoms with E-state index in [-0.39, 0.29) is 24.8 Å². The summed E-state index contributed by atoms with van der Waals surface area (Å²) in [6, 6.07) is 0. The molecule has 0 spiro atoms. The molecule has 21 heavy (non-hydrogen) atoms. The number of hydrogen-bond acceptors (Lipinski definition) is 0. The van der Waals surface area contributed by atoms with Crippen molar-refractivity contribution in [2.24, 2.45) is 0 Å². The molecule has 0 aromatic rings. The summed E-state index contributed by atoms with van der Waals surface area (Å²) in [6.45, 7) is 9.32. The molecule has 116 valence electrons. The Morgan fingerprint density at radius 2 is 1.10 bits per heavy atom. The zero-order valence-corrected chi connectivity index (χ0v) is 17.6. The summed E-state index contributed by atoms with van der Waals surface area (Å²) in [5.41, 5.74) is 6.89. The quantitative estimate of drug-likeness (QED) is 0.580. The van der Waals surface area contributed by atoms with Gasteiger partial charge in [0.25, 0.3) is 0 Å². The maximum Gasteiger partial charge on any atom is -1.00 e. The Labute approximate surface area is 154 Å². The van der Waals surface area contributed by atoms with Crippen molar-refractivity contribution in [3.63, 3.8) is 0 Å². The number of hydrogen-bond donors (Lipinski definition) is 0. The van der Waals surface area contributed by atoms with Crippen molar-refractivity contribution >= 4 is 0 Å². The van der Waals surface area contributed by atoms with Gasteiger partial charge in [0.15, 0.2) is 0 Å². The number of allylic oxidation sites excluding steroid dienone is 8. The molecule has 0 bridgehead atoms. The molecule has 0 radical (unpaired) electrons. The molecule has 0 amide bonds. The van der Waals surface area contributed by atoms with Crippen LogP contribution in [0, 0.1) is 0 Å². The Morgan fingerprint density at radius 1 is 0.714 bits per heavy atom. The second kappa shape index (κ2) is 10.2. The van der Waals surface area contributed by atoms with Gasteiger partial charge in [0, 0.05) is 0 Å². The van der Waals surface area contributed by atoms with Gasteiger partial charge in [-0.3, -0.25) is 0 Å². The first-order chi connectivity index (χ1) is 9.24. The van der Waals surface area contributed by atoms with Crippen LogP contribution in [-0.4, -0.2) is 0 Å². The third-order valence-electron chi connectivity index (χ3n) is 4.40. The van der Waals surface area contributed by atoms with E-state index >= 15 is 0 Å². The van der Waals surface area contributed by atoms with Gasteiger partial charge >= 0.3 is 130 Å². The van der Waals surface area contributed by atoms with E-state index in [0.29, 0.717) is 0 Å². The van der Waals surface area contributed by atoms with Crippen LogP contribution in [0.5, 0.6) is 0 Å². The van der Waals surface area contributed by atoms with Crippen molar-refractivity contribution in [1.82, 2.24) is 0 Å². The first-order valence-corrected chi connectivity index (χ1v) is 10.3. The van der Waals surface area contributed by atoms with Crippen molar-refractivity contribution < 1.29 is 48.0 Å². The van der Waals surface area contributed by atoms with Gasteiger partial charge in [-0.15, -0.1) is 0 Å². The minimum atomic E-state index is -0.571. The van der Waals surface area contributed by atoms with Gasteiger partial charge in [-0.1, -0.05) is 0 Å². The topological polar surface area (TPSA) is 0 Å². The average molecular weight is 405 g/mol. The van der Waals surface area contributed by atoms with Gasteiger partial charge in [-0.25, -0.2) is 0 Å². The molecule has 0 nitrogen and oxygen atoms in total. The van der Waals surface area contributed by atoms with Crippen LogP contribution in [0.25, 0.3) is 0 Å². The monoisotopic (exact) mass is 402 g/mol. The van der Waals surface area contributed by atoms with Gasteiger partial charge in [0.1, 0.15) is 0 Å². The van der Waals surface area contributed by atoms with Gasteiger partial charge in [0.05, 0.1) is 0 Å². The normalized spacial score (nSPS) is 17.1. The summed E-state index contributed by atoms with van der Waals surface area (Å²) in [5.74, 6) is 0. The predicted molar refractivity (Wildman–Crippen MR) is 80.6 cm³/mol. The molecular formula is C18H26Cl2Zr. The molecule has 2 aliphatic rings. The number of rotatable bonds is 6. The zero-order valence-electron chi connectivity index (χ0n) is 13.7. The molecule has 0 saturated heterocycles. The van der Waals surface area contributed by atoms with Crippen LogP contribution in [0.2, 0.25) is 0 Å². The Morgan fingerprint density at radius 3 is 1.38 bits per heavy atom. The minimum Gasteiger partial charge on any atom is -1.00 e. The van der Waals surface area contributed by atoms with Crippen LogP contribution in [-0.2, 0) is 23.2 Å². The van der Waals surface area contributed by atoms with Crippen LogP contribution < -0.4 is 24.8 Å². The van der Waals surface area contributed by atoms with Gasteiger partial charge in [-0.05, 0) is 0 Å². The number of halogens is 2. The van der Waals surface area contributed by atoms with Crippen molar-refractivity contribution in [3.8, 4) is 0 Å². The standard InChI is InChI=1S/2C9H13.2ClH.Zr/c2*1-3-8-5-6-9(4-2)7-8;;;/h2*5H,3-4,6H2,1-2H3;2*1H;/q;;;;+2/p-2. The first-order valence-electron chi connectivity index (χ1n) is 7.84. The van der Waals surface area contributed by atoms with Crippen LogP contribution in [0.1, 0.15) is 66.2 Å². The molecule has 2 rings (SSSR count). The third-order valence-corrected chi connectivity index (χ3v) is 8.95. The summed E-state index contributed by atoms with van der Waals surface area (Å²) >= 11 is -0.571. The van der Waals surface area contributed by atoms with E-state index < -0.39 is 23.2 Å². The predicted octanol–water partition coefficient (Wildman–Crippen LogP) is -0.115. The third kappa shape index (κ3) is 4.70. The SMILES string of the molecule is CCC1=CCC(CC)=[C]1[Zr+2][C]1=C(CC)CC=C1CC.[Cl-].[Cl-]. The fraction of sp³-hybridized carbons (Fsp3) is 0.556. The molecule has 3 heteroatoms. The summed E-state index contributed by atoms with van der Waals surface area (Å²) < 4.78 is 3.69. The van der Waals surface area contributed by atoms with Crippen LogP contribution >= 0.6 is 0 Å². The molecule has 0 N–H and O–H groups in total. The van der Waals surface area contributed by atoms with E-state index in [9.17, 15) is 0 Å². The molecule has 0 unspecified atom stereocenters. The van der Waals surface area contributed by atoms with Crippen LogP contribution in [0.15, 0.2) is 41.0 Å². The molecule has 2 aliphatic carbocycles. The Kier molecular flexibility index (Phi) is 10.5. The molecule has 0 saturated carbocycles. The van der Waals surface area contributed by atoms with Crippen molar-refractivity contribution in [2.75, 3.05) is 0 Å². The van der Waals surface area contributed by atoms with E-state index in [2.05, 4.69) is 39.8 Å². The molecule has 0 aromatic heterocycles. The molecule has 0 heterocycles. The smallest absolute Gasteiger partial charge is 1.00 e. The molecule has 0 aromatic carbocycles. The largest absolute Gasteiger partial charge is 1.00 e. The summed E-state index contributed by atoms with van der Waals surface area (Å²) in [7, 11) is 0. The van der Waals surface area contributed by atoms with Crippen molar-refractivity contribution in [1.29, 1.82) is 0 Å². The van der Waals surface area contributed by atoms with E-state index in [0.717, 1.165) is 0 Å². The summed E-state index contributed by atoms with van der Waals surface area (Å²) in [6.07, 6.45) is 12.5. The maximum atomic E-state index is 2.51. The van der Waals surface area contributed by atoms with Crippen LogP contribution in [0.3, 0.4) is 0 Å². The Balaban J connectivity index is 0.00000200. The van der Waals surface area contributed by atoms with E-state index in [1.165, 1.54) is 38.5 Å². The van der Waals surface area contributed by atoms with Gasteiger partial charge < -0.3 is 24.8 Å². The van der Waals surface area contributed by atoms with Crippen LogP contribution in [0.4, 0.5) is 0 Å². The summed E-state index contributed by atoms with van der Waals surface area (Å²) in [4.78, 5) is 0. The first kappa shape index (κ1) is 21.4. The van der Waals surface area contributed by atoms with Crippen molar-refractivity contribution in [2.45, 2.75) is 66.2 Å². The Hall–Kier alpha value is 0.423. The minimum absolute atomic E-state index is 0. The van der Waals surface area contributed by atoms with Gasteiger partial charge in [-0.2, -0.15) is 0 Å². The molecule has 0 fully saturated rings. The Bertz CT molecular complexity index is 437. The van der Waals surface area contributed by atoms with Gasteiger partial charge in [0.2, 0.25) is 0 Å². The molecular weight excluding hydrogens is 378 g/mol. The van der Waals surface area contributed by atoms with E-state index in [1.807, 2.05) is 6.56 Å². The van der Waals surface area contributed by atoms with Crippen molar-refractivity contribution in [3.05, 3.63) is 41.0 Å². The fourth-order valence-electron chi connectivity index (χ4n) is 3.10. The maximum absolute atomic E-state index is 2.51. The second-order valence-corrected chi connectivity index (χ2v) is 8.44. The molecule has 0 aliphatic heterocycles. The van der Waals surface area contributed by atoms with E-state index in [4.69, 9.17) is 0 Å². The molecule has 0 atom stereocenters. The average Bonchev–Trinajstić information content (AvgIpc) is 3.02. The summed E-state index contributed by atoms with van der Waals surface area (Å²) in [5, 5.41) is 0. The second-order valence-electron chi connectivity index (χ2n) is 5.36. The zero-order chi connectivity index (χ0) is 13.8.